The Hall–Kier alpha value is -2.14. The summed E-state index contributed by atoms with van der Waals surface area (Å²) in [5, 5.41) is 0. The lowest BCUT2D eigenvalue weighted by Gasteiger charge is -2.21. The number of likely N-dealkylation sites (tertiary alicyclic amines) is 1. The molecule has 5 nitrogen and oxygen atoms in total. The maximum absolute atomic E-state index is 11.4. The van der Waals surface area contributed by atoms with Crippen LogP contribution < -0.4 is 5.73 Å². The van der Waals surface area contributed by atoms with Crippen molar-refractivity contribution in [1.82, 2.24) is 14.5 Å². The molecule has 1 aromatic carbocycles. The Kier molecular flexibility index (Phi) is 3.52. The van der Waals surface area contributed by atoms with E-state index in [1.807, 2.05) is 10.8 Å². The summed E-state index contributed by atoms with van der Waals surface area (Å²) in [7, 11) is 0. The highest BCUT2D eigenvalue weighted by Crippen LogP contribution is 2.20. The second-order valence-corrected chi connectivity index (χ2v) is 5.17. The van der Waals surface area contributed by atoms with Crippen molar-refractivity contribution in [3.63, 3.8) is 0 Å². The van der Waals surface area contributed by atoms with Crippen LogP contribution in [0.25, 0.3) is 5.69 Å². The maximum Gasteiger partial charge on any atom is 0.234 e. The normalized spacial score (nSPS) is 19.3. The maximum atomic E-state index is 11.4. The number of hydrogen-bond acceptors (Lipinski definition) is 3. The van der Waals surface area contributed by atoms with E-state index in [1.54, 1.807) is 12.5 Å². The number of imidazole rings is 1. The first kappa shape index (κ1) is 12.9. The molecule has 2 N–H and O–H groups in total. The fraction of sp³-hybridized carbons (Fsp3) is 0.333. The minimum atomic E-state index is -0.211. The number of carbonyl (C=O) groups excluding carboxylic acids is 1. The van der Waals surface area contributed by atoms with Crippen LogP contribution in [0.3, 0.4) is 0 Å². The topological polar surface area (TPSA) is 64.2 Å². The van der Waals surface area contributed by atoms with Gasteiger partial charge in [0.05, 0.1) is 12.4 Å². The molecular formula is C15H18N4O. The summed E-state index contributed by atoms with van der Waals surface area (Å²) in [6, 6.07) is 8.19. The molecule has 2 heterocycles. The molecule has 0 bridgehead atoms. The van der Waals surface area contributed by atoms with Crippen molar-refractivity contribution in [1.29, 1.82) is 0 Å². The van der Waals surface area contributed by atoms with Crippen LogP contribution in [-0.2, 0) is 11.3 Å². The zero-order valence-corrected chi connectivity index (χ0v) is 11.3. The Bertz CT molecular complexity index is 576. The average molecular weight is 270 g/mol. The van der Waals surface area contributed by atoms with Gasteiger partial charge in [-0.1, -0.05) is 12.1 Å². The van der Waals surface area contributed by atoms with Gasteiger partial charge >= 0.3 is 0 Å². The predicted molar refractivity (Wildman–Crippen MR) is 76.2 cm³/mol. The zero-order valence-electron chi connectivity index (χ0n) is 11.3. The molecule has 0 radical (unpaired) electrons. The predicted octanol–water partition coefficient (Wildman–Crippen LogP) is 1.32. The summed E-state index contributed by atoms with van der Waals surface area (Å²) >= 11 is 0. The third kappa shape index (κ3) is 2.58. The largest absolute Gasteiger partial charge is 0.368 e. The molecule has 1 amide bonds. The SMILES string of the molecule is NC(=O)C1CCCN1Cc1ccc(-n2ccnc2)cc1. The average Bonchev–Trinajstić information content (AvgIpc) is 3.10. The van der Waals surface area contributed by atoms with Gasteiger partial charge in [-0.25, -0.2) is 4.98 Å². The first-order valence-electron chi connectivity index (χ1n) is 6.85. The number of hydrogen-bond donors (Lipinski definition) is 1. The summed E-state index contributed by atoms with van der Waals surface area (Å²) in [4.78, 5) is 17.6. The lowest BCUT2D eigenvalue weighted by atomic mass is 10.1. The molecule has 1 aliphatic heterocycles. The van der Waals surface area contributed by atoms with Gasteiger partial charge in [-0.3, -0.25) is 9.69 Å². The van der Waals surface area contributed by atoms with E-state index in [-0.39, 0.29) is 11.9 Å². The standard InChI is InChI=1S/C15H18N4O/c16-15(20)14-2-1-8-18(14)10-12-3-5-13(6-4-12)19-9-7-17-11-19/h3-7,9,11,14H,1-2,8,10H2,(H2,16,20). The van der Waals surface area contributed by atoms with E-state index in [1.165, 1.54) is 5.56 Å². The summed E-state index contributed by atoms with van der Waals surface area (Å²) in [6.45, 7) is 1.72. The molecule has 1 saturated heterocycles. The van der Waals surface area contributed by atoms with Crippen LogP contribution >= 0.6 is 0 Å². The van der Waals surface area contributed by atoms with Gasteiger partial charge < -0.3 is 10.3 Å². The molecule has 0 spiro atoms. The fourth-order valence-corrected chi connectivity index (χ4v) is 2.76. The lowest BCUT2D eigenvalue weighted by molar-refractivity contribution is -0.122. The number of amides is 1. The minimum absolute atomic E-state index is 0.108. The van der Waals surface area contributed by atoms with Crippen LogP contribution in [0.4, 0.5) is 0 Å². The van der Waals surface area contributed by atoms with Crippen molar-refractivity contribution in [3.05, 3.63) is 48.5 Å². The Balaban J connectivity index is 1.71. The van der Waals surface area contributed by atoms with Gasteiger partial charge in [-0.2, -0.15) is 0 Å². The van der Waals surface area contributed by atoms with E-state index < -0.39 is 0 Å². The molecule has 1 fully saturated rings. The Labute approximate surface area is 118 Å². The molecule has 3 rings (SSSR count). The number of aromatic nitrogens is 2. The number of benzene rings is 1. The molecule has 2 aromatic rings. The lowest BCUT2D eigenvalue weighted by Crippen LogP contribution is -2.39. The van der Waals surface area contributed by atoms with Crippen molar-refractivity contribution in [3.8, 4) is 5.69 Å². The summed E-state index contributed by atoms with van der Waals surface area (Å²) in [5.74, 6) is -0.211. The smallest absolute Gasteiger partial charge is 0.234 e. The van der Waals surface area contributed by atoms with E-state index in [0.29, 0.717) is 0 Å². The molecule has 104 valence electrons. The Morgan fingerprint density at radius 1 is 1.35 bits per heavy atom. The van der Waals surface area contributed by atoms with E-state index in [0.717, 1.165) is 31.6 Å². The van der Waals surface area contributed by atoms with Crippen LogP contribution in [0.2, 0.25) is 0 Å². The highest BCUT2D eigenvalue weighted by Gasteiger charge is 2.28. The molecule has 5 heteroatoms. The second-order valence-electron chi connectivity index (χ2n) is 5.17. The van der Waals surface area contributed by atoms with Gasteiger partial charge in [-0.15, -0.1) is 0 Å². The Morgan fingerprint density at radius 3 is 2.80 bits per heavy atom. The Morgan fingerprint density at radius 2 is 2.15 bits per heavy atom. The van der Waals surface area contributed by atoms with Gasteiger partial charge in [0.25, 0.3) is 0 Å². The third-order valence-corrected chi connectivity index (χ3v) is 3.82. The molecule has 1 aliphatic rings. The van der Waals surface area contributed by atoms with Gasteiger partial charge in [0.15, 0.2) is 0 Å². The van der Waals surface area contributed by atoms with Gasteiger partial charge in [0.1, 0.15) is 0 Å². The second kappa shape index (κ2) is 5.46. The summed E-state index contributed by atoms with van der Waals surface area (Å²) in [5.41, 5.74) is 7.72. The van der Waals surface area contributed by atoms with Crippen LogP contribution in [0.5, 0.6) is 0 Å². The summed E-state index contributed by atoms with van der Waals surface area (Å²) < 4.78 is 1.96. The molecule has 0 saturated carbocycles. The molecule has 1 atom stereocenters. The van der Waals surface area contributed by atoms with Gasteiger partial charge in [0, 0.05) is 24.6 Å². The first-order chi connectivity index (χ1) is 9.74. The third-order valence-electron chi connectivity index (χ3n) is 3.82. The van der Waals surface area contributed by atoms with E-state index in [4.69, 9.17) is 5.73 Å². The fourth-order valence-electron chi connectivity index (χ4n) is 2.76. The minimum Gasteiger partial charge on any atom is -0.368 e. The van der Waals surface area contributed by atoms with Crippen molar-refractivity contribution in [2.45, 2.75) is 25.4 Å². The van der Waals surface area contributed by atoms with Crippen molar-refractivity contribution in [2.75, 3.05) is 6.54 Å². The van der Waals surface area contributed by atoms with Gasteiger partial charge in [0.2, 0.25) is 5.91 Å². The number of nitrogens with zero attached hydrogens (tertiary/aromatic N) is 3. The molecular weight excluding hydrogens is 252 g/mol. The van der Waals surface area contributed by atoms with E-state index >= 15 is 0 Å². The van der Waals surface area contributed by atoms with E-state index in [9.17, 15) is 4.79 Å². The molecule has 0 aliphatic carbocycles. The summed E-state index contributed by atoms with van der Waals surface area (Å²) in [6.07, 6.45) is 7.37. The van der Waals surface area contributed by atoms with E-state index in [2.05, 4.69) is 34.1 Å². The van der Waals surface area contributed by atoms with Crippen molar-refractivity contribution < 1.29 is 4.79 Å². The van der Waals surface area contributed by atoms with Crippen LogP contribution in [-0.4, -0.2) is 32.9 Å². The zero-order chi connectivity index (χ0) is 13.9. The molecule has 1 unspecified atom stereocenters. The number of nitrogens with two attached hydrogens (primary N) is 1. The molecule has 20 heavy (non-hydrogen) atoms. The highest BCUT2D eigenvalue weighted by atomic mass is 16.1. The van der Waals surface area contributed by atoms with Crippen LogP contribution in [0, 0.1) is 0 Å². The number of carbonyl (C=O) groups is 1. The van der Waals surface area contributed by atoms with Crippen LogP contribution in [0.1, 0.15) is 18.4 Å². The van der Waals surface area contributed by atoms with Crippen molar-refractivity contribution >= 4 is 5.91 Å². The van der Waals surface area contributed by atoms with Crippen molar-refractivity contribution in [2.24, 2.45) is 5.73 Å². The van der Waals surface area contributed by atoms with Gasteiger partial charge in [-0.05, 0) is 37.1 Å². The quantitative estimate of drug-likeness (QED) is 0.911. The van der Waals surface area contributed by atoms with Crippen LogP contribution in [0.15, 0.2) is 43.0 Å². The highest BCUT2D eigenvalue weighted by molar-refractivity contribution is 5.80. The first-order valence-corrected chi connectivity index (χ1v) is 6.85. The number of primary amides is 1. The monoisotopic (exact) mass is 270 g/mol. The number of rotatable bonds is 4. The molecule has 1 aromatic heterocycles.